The Hall–Kier alpha value is -2.39. The number of hydrazine groups is 1. The molecule has 0 atom stereocenters. The van der Waals surface area contributed by atoms with Crippen LogP contribution in [0, 0.1) is 17.1 Å². The normalized spacial score (nSPS) is 10.0. The second-order valence-electron chi connectivity index (χ2n) is 3.28. The Morgan fingerprint density at radius 3 is 2.88 bits per heavy atom. The number of nitrogens with one attached hydrogen (secondary N) is 1. The van der Waals surface area contributed by atoms with Gasteiger partial charge in [0, 0.05) is 6.20 Å². The number of ether oxygens (including phenoxy) is 1. The van der Waals surface area contributed by atoms with E-state index in [0.717, 1.165) is 0 Å². The third-order valence-electron chi connectivity index (χ3n) is 2.42. The van der Waals surface area contributed by atoms with E-state index in [2.05, 4.69) is 10.4 Å². The van der Waals surface area contributed by atoms with Crippen LogP contribution in [-0.4, -0.2) is 12.1 Å². The fourth-order valence-electron chi connectivity index (χ4n) is 1.65. The van der Waals surface area contributed by atoms with E-state index in [1.807, 2.05) is 6.07 Å². The highest BCUT2D eigenvalue weighted by atomic mass is 19.1. The van der Waals surface area contributed by atoms with Gasteiger partial charge in [-0.2, -0.15) is 5.26 Å². The number of hydrogen-bond donors (Lipinski definition) is 2. The molecule has 86 valence electrons. The number of benzene rings is 1. The van der Waals surface area contributed by atoms with E-state index in [9.17, 15) is 4.39 Å². The molecule has 0 saturated carbocycles. The molecule has 0 aliphatic heterocycles. The summed E-state index contributed by atoms with van der Waals surface area (Å²) in [5.41, 5.74) is 3.02. The molecule has 2 aromatic rings. The van der Waals surface area contributed by atoms with Gasteiger partial charge in [0.2, 0.25) is 0 Å². The van der Waals surface area contributed by atoms with Gasteiger partial charge in [-0.15, -0.1) is 0 Å². The third-order valence-corrected chi connectivity index (χ3v) is 2.42. The summed E-state index contributed by atoms with van der Waals surface area (Å²) in [6, 6.07) is 4.64. The Morgan fingerprint density at radius 1 is 1.53 bits per heavy atom. The van der Waals surface area contributed by atoms with Crippen molar-refractivity contribution in [2.45, 2.75) is 0 Å². The van der Waals surface area contributed by atoms with Gasteiger partial charge in [-0.05, 0) is 12.1 Å². The lowest BCUT2D eigenvalue weighted by Gasteiger charge is -2.11. The maximum Gasteiger partial charge on any atom is 0.149 e. The Labute approximate surface area is 96.6 Å². The van der Waals surface area contributed by atoms with Crippen LogP contribution in [0.2, 0.25) is 0 Å². The number of anilines is 1. The topological polar surface area (TPSA) is 84.0 Å². The number of nitriles is 1. The van der Waals surface area contributed by atoms with Crippen molar-refractivity contribution in [2.24, 2.45) is 5.84 Å². The monoisotopic (exact) mass is 232 g/mol. The molecular weight excluding hydrogens is 223 g/mol. The third kappa shape index (κ3) is 1.62. The molecule has 0 aliphatic carbocycles. The lowest BCUT2D eigenvalue weighted by Crippen LogP contribution is -2.10. The average Bonchev–Trinajstić information content (AvgIpc) is 2.38. The van der Waals surface area contributed by atoms with Gasteiger partial charge in [0.1, 0.15) is 23.2 Å². The summed E-state index contributed by atoms with van der Waals surface area (Å²) in [5.74, 6) is 5.26. The van der Waals surface area contributed by atoms with Crippen LogP contribution in [0.5, 0.6) is 5.75 Å². The molecule has 0 spiro atoms. The van der Waals surface area contributed by atoms with Crippen LogP contribution in [0.1, 0.15) is 5.56 Å². The minimum Gasteiger partial charge on any atom is -0.496 e. The van der Waals surface area contributed by atoms with Gasteiger partial charge in [-0.25, -0.2) is 4.39 Å². The molecule has 6 heteroatoms. The van der Waals surface area contributed by atoms with E-state index < -0.39 is 5.82 Å². The molecule has 0 aliphatic rings. The first kappa shape index (κ1) is 11.1. The van der Waals surface area contributed by atoms with Crippen LogP contribution in [0.4, 0.5) is 10.1 Å². The molecule has 0 radical (unpaired) electrons. The van der Waals surface area contributed by atoms with Crippen molar-refractivity contribution in [3.8, 4) is 11.8 Å². The molecule has 0 saturated heterocycles. The molecule has 1 aromatic carbocycles. The van der Waals surface area contributed by atoms with Crippen molar-refractivity contribution in [1.29, 1.82) is 5.26 Å². The first-order valence-electron chi connectivity index (χ1n) is 4.74. The van der Waals surface area contributed by atoms with Crippen molar-refractivity contribution < 1.29 is 9.13 Å². The van der Waals surface area contributed by atoms with Gasteiger partial charge in [-0.1, -0.05) is 0 Å². The van der Waals surface area contributed by atoms with Crippen LogP contribution in [0.15, 0.2) is 18.3 Å². The zero-order valence-electron chi connectivity index (χ0n) is 8.99. The fourth-order valence-corrected chi connectivity index (χ4v) is 1.65. The van der Waals surface area contributed by atoms with Crippen molar-refractivity contribution in [2.75, 3.05) is 12.5 Å². The van der Waals surface area contributed by atoms with Crippen LogP contribution in [0.3, 0.4) is 0 Å². The maximum atomic E-state index is 13.6. The summed E-state index contributed by atoms with van der Waals surface area (Å²) in [6.07, 6.45) is 1.26. The molecule has 2 rings (SSSR count). The number of nitrogen functional groups attached to an aromatic ring is 1. The SMILES string of the molecule is COc1ccc(F)c2ncc(C#N)c(NN)c12. The molecule has 17 heavy (non-hydrogen) atoms. The van der Waals surface area contributed by atoms with Gasteiger partial charge in [0.25, 0.3) is 0 Å². The van der Waals surface area contributed by atoms with E-state index in [4.69, 9.17) is 15.8 Å². The number of methoxy groups -OCH3 is 1. The molecule has 3 N–H and O–H groups in total. The van der Waals surface area contributed by atoms with E-state index >= 15 is 0 Å². The number of nitrogens with zero attached hydrogens (tertiary/aromatic N) is 2. The number of hydrogen-bond acceptors (Lipinski definition) is 5. The minimum atomic E-state index is -0.498. The van der Waals surface area contributed by atoms with Crippen molar-refractivity contribution in [3.05, 3.63) is 29.7 Å². The fraction of sp³-hybridized carbons (Fsp3) is 0.0909. The highest BCUT2D eigenvalue weighted by molar-refractivity contribution is 5.98. The molecular formula is C11H9FN4O. The number of pyridine rings is 1. The number of fused-ring (bicyclic) bond motifs is 1. The first-order valence-corrected chi connectivity index (χ1v) is 4.74. The maximum absolute atomic E-state index is 13.6. The summed E-state index contributed by atoms with van der Waals surface area (Å²) >= 11 is 0. The standard InChI is InChI=1S/C11H9FN4O/c1-17-8-3-2-7(12)11-9(8)10(16-14)6(4-13)5-15-11/h2-3,5H,14H2,1H3,(H,15,16). The van der Waals surface area contributed by atoms with Crippen LogP contribution in [-0.2, 0) is 0 Å². The Kier molecular flexibility index (Phi) is 2.77. The summed E-state index contributed by atoms with van der Waals surface area (Å²) in [6.45, 7) is 0. The van der Waals surface area contributed by atoms with E-state index in [0.29, 0.717) is 16.8 Å². The summed E-state index contributed by atoms with van der Waals surface area (Å²) < 4.78 is 18.7. The van der Waals surface area contributed by atoms with Gasteiger partial charge >= 0.3 is 0 Å². The lowest BCUT2D eigenvalue weighted by atomic mass is 10.1. The lowest BCUT2D eigenvalue weighted by molar-refractivity contribution is 0.419. The molecule has 1 heterocycles. The predicted octanol–water partition coefficient (Wildman–Crippen LogP) is 1.54. The molecule has 0 fully saturated rings. The first-order chi connectivity index (χ1) is 8.22. The van der Waals surface area contributed by atoms with Crippen molar-refractivity contribution >= 4 is 16.6 Å². The zero-order valence-corrected chi connectivity index (χ0v) is 8.99. The number of rotatable bonds is 2. The van der Waals surface area contributed by atoms with Crippen molar-refractivity contribution in [1.82, 2.24) is 4.98 Å². The van der Waals surface area contributed by atoms with E-state index in [1.165, 1.54) is 25.4 Å². The molecule has 5 nitrogen and oxygen atoms in total. The largest absolute Gasteiger partial charge is 0.496 e. The second-order valence-corrected chi connectivity index (χ2v) is 3.28. The summed E-state index contributed by atoms with van der Waals surface area (Å²) in [5, 5.41) is 9.28. The van der Waals surface area contributed by atoms with E-state index in [-0.39, 0.29) is 11.1 Å². The predicted molar refractivity (Wildman–Crippen MR) is 60.8 cm³/mol. The molecule has 1 aromatic heterocycles. The number of halogens is 1. The molecule has 0 amide bonds. The highest BCUT2D eigenvalue weighted by Crippen LogP contribution is 2.34. The Balaban J connectivity index is 2.96. The second kappa shape index (κ2) is 4.23. The smallest absolute Gasteiger partial charge is 0.149 e. The van der Waals surface area contributed by atoms with Crippen molar-refractivity contribution in [3.63, 3.8) is 0 Å². The Morgan fingerprint density at radius 2 is 2.29 bits per heavy atom. The van der Waals surface area contributed by atoms with Gasteiger partial charge in [0.15, 0.2) is 0 Å². The number of nitrogens with two attached hydrogens (primary N) is 1. The summed E-state index contributed by atoms with van der Waals surface area (Å²) in [7, 11) is 1.45. The van der Waals surface area contributed by atoms with Gasteiger partial charge < -0.3 is 10.2 Å². The summed E-state index contributed by atoms with van der Waals surface area (Å²) in [4.78, 5) is 3.90. The quantitative estimate of drug-likeness (QED) is 0.606. The molecule has 0 unspecified atom stereocenters. The molecule has 0 bridgehead atoms. The number of aromatic nitrogens is 1. The van der Waals surface area contributed by atoms with Gasteiger partial charge in [-0.3, -0.25) is 10.8 Å². The highest BCUT2D eigenvalue weighted by Gasteiger charge is 2.15. The van der Waals surface area contributed by atoms with Crippen LogP contribution in [0.25, 0.3) is 10.9 Å². The zero-order chi connectivity index (χ0) is 12.4. The average molecular weight is 232 g/mol. The van der Waals surface area contributed by atoms with E-state index in [1.54, 1.807) is 0 Å². The Bertz CT molecular complexity index is 621. The van der Waals surface area contributed by atoms with Crippen LogP contribution < -0.4 is 16.0 Å². The van der Waals surface area contributed by atoms with Crippen LogP contribution >= 0.6 is 0 Å². The van der Waals surface area contributed by atoms with Gasteiger partial charge in [0.05, 0.1) is 23.7 Å². The minimum absolute atomic E-state index is 0.108.